The van der Waals surface area contributed by atoms with Gasteiger partial charge in [-0.15, -0.1) is 0 Å². The van der Waals surface area contributed by atoms with Gasteiger partial charge < -0.3 is 14.0 Å². The van der Waals surface area contributed by atoms with Gasteiger partial charge in [0.15, 0.2) is 0 Å². The Morgan fingerprint density at radius 3 is 2.87 bits per heavy atom. The molecule has 1 aliphatic heterocycles. The summed E-state index contributed by atoms with van der Waals surface area (Å²) < 4.78 is 24.5. The van der Waals surface area contributed by atoms with Crippen molar-refractivity contribution < 1.29 is 32.8 Å². The molecule has 0 radical (unpaired) electrons. The van der Waals surface area contributed by atoms with E-state index in [1.165, 1.54) is 26.2 Å². The summed E-state index contributed by atoms with van der Waals surface area (Å²) in [6, 6.07) is 2.09. The third-order valence-corrected chi connectivity index (χ3v) is 2.71. The number of amides is 3. The van der Waals surface area contributed by atoms with E-state index < -0.39 is 35.9 Å². The highest BCUT2D eigenvalue weighted by molar-refractivity contribution is 6.14. The lowest BCUT2D eigenvalue weighted by molar-refractivity contribution is -0.182. The maximum atomic E-state index is 14.9. The van der Waals surface area contributed by atoms with Gasteiger partial charge >= 0.3 is 17.7 Å². The lowest BCUT2D eigenvalue weighted by Crippen LogP contribution is -2.70. The number of carbonyl (C=O) groups excluding carboxylic acids is 3. The number of rotatable bonds is 5. The average Bonchev–Trinajstić information content (AvgIpc) is 2.96. The molecule has 2 N–H and O–H groups in total. The summed E-state index contributed by atoms with van der Waals surface area (Å²) in [6.45, 7) is 2.96. The van der Waals surface area contributed by atoms with Crippen LogP contribution in [0.4, 0.5) is 9.18 Å². The topological polar surface area (TPSA) is 119 Å². The molecule has 1 aromatic heterocycles. The molecule has 10 heteroatoms. The molecule has 1 saturated heterocycles. The van der Waals surface area contributed by atoms with Gasteiger partial charge in [-0.1, -0.05) is 5.16 Å². The molecule has 2 rings (SSSR count). The Labute approximate surface area is 129 Å². The number of furan rings is 1. The molecular weight excluding hydrogens is 313 g/mol. The number of alkyl halides is 1. The van der Waals surface area contributed by atoms with Crippen molar-refractivity contribution in [1.29, 1.82) is 0 Å². The number of oxime groups is 1. The first-order valence-electron chi connectivity index (χ1n) is 6.58. The minimum atomic E-state index is -3.28. The van der Waals surface area contributed by atoms with Gasteiger partial charge in [0.25, 0.3) is 12.1 Å². The molecule has 1 aromatic rings. The summed E-state index contributed by atoms with van der Waals surface area (Å²) in [5, 5.41) is 7.00. The van der Waals surface area contributed by atoms with Crippen LogP contribution >= 0.6 is 0 Å². The van der Waals surface area contributed by atoms with Crippen molar-refractivity contribution in [2.45, 2.75) is 31.8 Å². The number of imide groups is 1. The number of ether oxygens (including phenoxy) is 1. The lowest BCUT2D eigenvalue weighted by Gasteiger charge is -2.32. The van der Waals surface area contributed by atoms with E-state index in [2.05, 4.69) is 5.16 Å². The van der Waals surface area contributed by atoms with Gasteiger partial charge in [0.05, 0.1) is 12.4 Å². The van der Waals surface area contributed by atoms with E-state index in [-0.39, 0.29) is 5.76 Å². The van der Waals surface area contributed by atoms with E-state index in [0.717, 1.165) is 6.21 Å². The standard InChI is InChI=1S/C13H14FN3O6/c1-7(2)22-11(19)13(14)9(18)16-12(20)17-10(13)23-15-6-8-4-3-5-21-8/h3-7,10H,1-2H3,(H2,16,17,18,20)/b15-6-/t10-,13-/m1/s1. The summed E-state index contributed by atoms with van der Waals surface area (Å²) in [4.78, 5) is 39.7. The molecule has 0 bridgehead atoms. The van der Waals surface area contributed by atoms with E-state index >= 15 is 0 Å². The minimum Gasteiger partial charge on any atom is -0.463 e. The Hall–Kier alpha value is -2.91. The number of nitrogens with zero attached hydrogens (tertiary/aromatic N) is 1. The number of halogens is 1. The summed E-state index contributed by atoms with van der Waals surface area (Å²) in [6.07, 6.45) is -0.210. The first kappa shape index (κ1) is 16.5. The third-order valence-electron chi connectivity index (χ3n) is 2.71. The molecule has 2 atom stereocenters. The maximum Gasteiger partial charge on any atom is 0.360 e. The second kappa shape index (κ2) is 6.46. The number of urea groups is 1. The Morgan fingerprint density at radius 2 is 2.26 bits per heavy atom. The maximum absolute atomic E-state index is 14.9. The molecule has 23 heavy (non-hydrogen) atoms. The Bertz CT molecular complexity index is 630. The molecule has 9 nitrogen and oxygen atoms in total. The molecule has 1 aliphatic rings. The smallest absolute Gasteiger partial charge is 0.360 e. The molecule has 0 aliphatic carbocycles. The molecule has 3 amide bonds. The van der Waals surface area contributed by atoms with Crippen LogP contribution in [0.5, 0.6) is 0 Å². The zero-order valence-corrected chi connectivity index (χ0v) is 12.2. The van der Waals surface area contributed by atoms with E-state index in [9.17, 15) is 18.8 Å². The second-order valence-electron chi connectivity index (χ2n) is 4.83. The van der Waals surface area contributed by atoms with Crippen LogP contribution in [0.25, 0.3) is 0 Å². The van der Waals surface area contributed by atoms with Gasteiger partial charge in [0.1, 0.15) is 12.0 Å². The van der Waals surface area contributed by atoms with Gasteiger partial charge in [-0.2, -0.15) is 0 Å². The normalized spacial score (nSPS) is 24.4. The van der Waals surface area contributed by atoms with Crippen molar-refractivity contribution in [3.8, 4) is 0 Å². The van der Waals surface area contributed by atoms with Crippen molar-refractivity contribution in [2.24, 2.45) is 5.16 Å². The fourth-order valence-corrected chi connectivity index (χ4v) is 1.67. The monoisotopic (exact) mass is 327 g/mol. The van der Waals surface area contributed by atoms with Crippen molar-refractivity contribution in [3.05, 3.63) is 24.2 Å². The first-order chi connectivity index (χ1) is 10.8. The van der Waals surface area contributed by atoms with Crippen molar-refractivity contribution in [3.63, 3.8) is 0 Å². The molecule has 124 valence electrons. The van der Waals surface area contributed by atoms with Crippen LogP contribution in [-0.2, 0) is 19.2 Å². The molecular formula is C13H14FN3O6. The van der Waals surface area contributed by atoms with Crippen molar-refractivity contribution in [2.75, 3.05) is 0 Å². The molecule has 0 aromatic carbocycles. The van der Waals surface area contributed by atoms with Crippen LogP contribution in [0.15, 0.2) is 28.0 Å². The molecule has 2 heterocycles. The van der Waals surface area contributed by atoms with Gasteiger partial charge in [-0.05, 0) is 26.0 Å². The minimum absolute atomic E-state index is 0.283. The van der Waals surface area contributed by atoms with E-state index in [4.69, 9.17) is 14.0 Å². The van der Waals surface area contributed by atoms with E-state index in [0.29, 0.717) is 0 Å². The lowest BCUT2D eigenvalue weighted by atomic mass is 10.0. The molecule has 0 spiro atoms. The van der Waals surface area contributed by atoms with Gasteiger partial charge in [-0.25, -0.2) is 14.0 Å². The highest BCUT2D eigenvalue weighted by atomic mass is 19.1. The summed E-state index contributed by atoms with van der Waals surface area (Å²) in [5.74, 6) is -2.71. The van der Waals surface area contributed by atoms with Crippen LogP contribution in [-0.4, -0.2) is 42.1 Å². The van der Waals surface area contributed by atoms with E-state index in [1.807, 2.05) is 5.32 Å². The van der Waals surface area contributed by atoms with Crippen LogP contribution in [0, 0.1) is 0 Å². The number of carbonyl (C=O) groups is 3. The predicted molar refractivity (Wildman–Crippen MR) is 72.9 cm³/mol. The van der Waals surface area contributed by atoms with Gasteiger partial charge in [0.2, 0.25) is 0 Å². The number of esters is 1. The predicted octanol–water partition coefficient (Wildman–Crippen LogP) is 0.455. The number of hydrogen-bond acceptors (Lipinski definition) is 7. The Kier molecular flexibility index (Phi) is 4.63. The Morgan fingerprint density at radius 1 is 1.52 bits per heavy atom. The zero-order chi connectivity index (χ0) is 17.0. The van der Waals surface area contributed by atoms with Gasteiger partial charge in [-0.3, -0.25) is 15.4 Å². The SMILES string of the molecule is CC(C)OC(=O)[C@@]1(F)C(=O)NC(=O)N[C@@H]1O/N=C\c1ccco1. The van der Waals surface area contributed by atoms with Crippen molar-refractivity contribution in [1.82, 2.24) is 10.6 Å². The first-order valence-corrected chi connectivity index (χ1v) is 6.58. The largest absolute Gasteiger partial charge is 0.463 e. The quantitative estimate of drug-likeness (QED) is 0.351. The van der Waals surface area contributed by atoms with Crippen LogP contribution in [0.3, 0.4) is 0 Å². The van der Waals surface area contributed by atoms with Gasteiger partial charge in [0, 0.05) is 0 Å². The second-order valence-corrected chi connectivity index (χ2v) is 4.83. The van der Waals surface area contributed by atoms with Crippen LogP contribution < -0.4 is 10.6 Å². The highest BCUT2D eigenvalue weighted by Crippen LogP contribution is 2.24. The van der Waals surface area contributed by atoms with E-state index in [1.54, 1.807) is 11.4 Å². The summed E-state index contributed by atoms with van der Waals surface area (Å²) in [7, 11) is 0. The zero-order valence-electron chi connectivity index (χ0n) is 12.2. The average molecular weight is 327 g/mol. The van der Waals surface area contributed by atoms with Crippen molar-refractivity contribution >= 4 is 24.1 Å². The third kappa shape index (κ3) is 3.47. The van der Waals surface area contributed by atoms with Crippen LogP contribution in [0.2, 0.25) is 0 Å². The highest BCUT2D eigenvalue weighted by Gasteiger charge is 2.61. The molecule has 0 saturated carbocycles. The van der Waals surface area contributed by atoms with Crippen LogP contribution in [0.1, 0.15) is 19.6 Å². The number of nitrogens with one attached hydrogen (secondary N) is 2. The summed E-state index contributed by atoms with van der Waals surface area (Å²) >= 11 is 0. The molecule has 1 fully saturated rings. The molecule has 0 unspecified atom stereocenters. The fourth-order valence-electron chi connectivity index (χ4n) is 1.67. The fraction of sp³-hybridized carbons (Fsp3) is 0.385. The summed E-state index contributed by atoms with van der Waals surface area (Å²) in [5.41, 5.74) is -3.28. The number of hydrogen-bond donors (Lipinski definition) is 2. The Balaban J connectivity index is 2.19.